The number of hydrogen-bond acceptors (Lipinski definition) is 3. The van der Waals surface area contributed by atoms with Gasteiger partial charge in [0.15, 0.2) is 0 Å². The largest absolute Gasteiger partial charge is 0.352 e. The van der Waals surface area contributed by atoms with E-state index in [9.17, 15) is 4.79 Å². The van der Waals surface area contributed by atoms with Crippen molar-refractivity contribution in [2.45, 2.75) is 57.9 Å². The van der Waals surface area contributed by atoms with Crippen molar-refractivity contribution in [2.24, 2.45) is 0 Å². The highest BCUT2D eigenvalue weighted by atomic mass is 16.1. The molecule has 20 heavy (non-hydrogen) atoms. The van der Waals surface area contributed by atoms with Crippen molar-refractivity contribution in [1.29, 1.82) is 0 Å². The highest BCUT2D eigenvalue weighted by Gasteiger charge is 2.22. The van der Waals surface area contributed by atoms with Gasteiger partial charge in [-0.2, -0.15) is 0 Å². The van der Waals surface area contributed by atoms with Gasteiger partial charge in [0.25, 0.3) is 0 Å². The molecule has 1 atom stereocenters. The molecule has 0 aromatic heterocycles. The van der Waals surface area contributed by atoms with Crippen molar-refractivity contribution in [2.75, 3.05) is 39.3 Å². The molecule has 2 aliphatic rings. The van der Waals surface area contributed by atoms with E-state index < -0.39 is 0 Å². The van der Waals surface area contributed by atoms with Crippen molar-refractivity contribution in [3.05, 3.63) is 0 Å². The SMILES string of the molecule is CCN1CC[C@H](NC(=O)CCCN2CCCCCC2)C1. The zero-order valence-corrected chi connectivity index (χ0v) is 13.1. The molecule has 0 spiro atoms. The van der Waals surface area contributed by atoms with Gasteiger partial charge in [0.1, 0.15) is 0 Å². The third-order valence-corrected chi connectivity index (χ3v) is 4.66. The second-order valence-electron chi connectivity index (χ2n) is 6.31. The second kappa shape index (κ2) is 8.63. The van der Waals surface area contributed by atoms with Gasteiger partial charge < -0.3 is 15.1 Å². The van der Waals surface area contributed by atoms with Crippen LogP contribution in [0, 0.1) is 0 Å². The van der Waals surface area contributed by atoms with Crippen LogP contribution in [0.25, 0.3) is 0 Å². The Bertz CT molecular complexity index is 287. The van der Waals surface area contributed by atoms with Crippen molar-refractivity contribution in [3.8, 4) is 0 Å². The number of carbonyl (C=O) groups is 1. The lowest BCUT2D eigenvalue weighted by Gasteiger charge is -2.19. The van der Waals surface area contributed by atoms with E-state index in [1.165, 1.54) is 38.8 Å². The lowest BCUT2D eigenvalue weighted by molar-refractivity contribution is -0.121. The summed E-state index contributed by atoms with van der Waals surface area (Å²) in [6.45, 7) is 9.01. The monoisotopic (exact) mass is 281 g/mol. The number of amides is 1. The van der Waals surface area contributed by atoms with Gasteiger partial charge in [-0.25, -0.2) is 0 Å². The lowest BCUT2D eigenvalue weighted by Crippen LogP contribution is -2.37. The molecule has 0 bridgehead atoms. The predicted octanol–water partition coefficient (Wildman–Crippen LogP) is 1.85. The van der Waals surface area contributed by atoms with Gasteiger partial charge in [-0.1, -0.05) is 19.8 Å². The van der Waals surface area contributed by atoms with Crippen LogP contribution >= 0.6 is 0 Å². The van der Waals surface area contributed by atoms with E-state index in [1.54, 1.807) is 0 Å². The highest BCUT2D eigenvalue weighted by molar-refractivity contribution is 5.76. The third-order valence-electron chi connectivity index (χ3n) is 4.66. The number of carbonyl (C=O) groups excluding carboxylic acids is 1. The molecule has 0 aromatic carbocycles. The summed E-state index contributed by atoms with van der Waals surface area (Å²) in [7, 11) is 0. The number of likely N-dealkylation sites (N-methyl/N-ethyl adjacent to an activating group) is 1. The maximum atomic E-state index is 12.0. The molecular weight excluding hydrogens is 250 g/mol. The Balaban J connectivity index is 1.56. The molecule has 2 heterocycles. The molecule has 1 amide bonds. The van der Waals surface area contributed by atoms with Crippen LogP contribution in [0.3, 0.4) is 0 Å². The number of hydrogen-bond donors (Lipinski definition) is 1. The third kappa shape index (κ3) is 5.41. The maximum absolute atomic E-state index is 12.0. The molecule has 0 aliphatic carbocycles. The Kier molecular flexibility index (Phi) is 6.80. The fraction of sp³-hybridized carbons (Fsp3) is 0.938. The molecule has 0 radical (unpaired) electrons. The highest BCUT2D eigenvalue weighted by Crippen LogP contribution is 2.11. The topological polar surface area (TPSA) is 35.6 Å². The number of nitrogens with zero attached hydrogens (tertiary/aromatic N) is 2. The molecule has 2 rings (SSSR count). The predicted molar refractivity (Wildman–Crippen MR) is 82.8 cm³/mol. The summed E-state index contributed by atoms with van der Waals surface area (Å²) in [5, 5.41) is 3.19. The van der Waals surface area contributed by atoms with E-state index in [0.717, 1.165) is 39.0 Å². The molecule has 2 fully saturated rings. The zero-order chi connectivity index (χ0) is 14.2. The first kappa shape index (κ1) is 15.8. The van der Waals surface area contributed by atoms with Gasteiger partial charge in [0, 0.05) is 25.6 Å². The van der Waals surface area contributed by atoms with Crippen LogP contribution in [0.4, 0.5) is 0 Å². The Morgan fingerprint density at radius 3 is 2.50 bits per heavy atom. The Morgan fingerprint density at radius 2 is 1.85 bits per heavy atom. The number of nitrogens with one attached hydrogen (secondary N) is 1. The first-order valence-electron chi connectivity index (χ1n) is 8.52. The average molecular weight is 281 g/mol. The van der Waals surface area contributed by atoms with Crippen LogP contribution in [0.15, 0.2) is 0 Å². The quantitative estimate of drug-likeness (QED) is 0.807. The first-order valence-corrected chi connectivity index (χ1v) is 8.52. The summed E-state index contributed by atoms with van der Waals surface area (Å²) in [6.07, 6.45) is 8.25. The minimum absolute atomic E-state index is 0.253. The van der Waals surface area contributed by atoms with Crippen LogP contribution in [0.2, 0.25) is 0 Å². The molecular formula is C16H31N3O. The molecule has 1 N–H and O–H groups in total. The fourth-order valence-corrected chi connectivity index (χ4v) is 3.36. The van der Waals surface area contributed by atoms with E-state index in [-0.39, 0.29) is 5.91 Å². The molecule has 2 saturated heterocycles. The molecule has 0 unspecified atom stereocenters. The molecule has 4 heteroatoms. The van der Waals surface area contributed by atoms with E-state index in [4.69, 9.17) is 0 Å². The molecule has 0 aromatic rings. The summed E-state index contributed by atoms with van der Waals surface area (Å²) in [6, 6.07) is 0.389. The van der Waals surface area contributed by atoms with Crippen LogP contribution in [-0.2, 0) is 4.79 Å². The van der Waals surface area contributed by atoms with Crippen LogP contribution in [-0.4, -0.2) is 61.0 Å². The minimum Gasteiger partial charge on any atom is -0.352 e. The summed E-state index contributed by atoms with van der Waals surface area (Å²) in [5.74, 6) is 0.253. The van der Waals surface area contributed by atoms with Crippen molar-refractivity contribution >= 4 is 5.91 Å². The molecule has 116 valence electrons. The van der Waals surface area contributed by atoms with E-state index >= 15 is 0 Å². The minimum atomic E-state index is 0.253. The summed E-state index contributed by atoms with van der Waals surface area (Å²) in [5.41, 5.74) is 0. The van der Waals surface area contributed by atoms with Crippen LogP contribution < -0.4 is 5.32 Å². The summed E-state index contributed by atoms with van der Waals surface area (Å²) >= 11 is 0. The van der Waals surface area contributed by atoms with Crippen LogP contribution in [0.1, 0.15) is 51.9 Å². The smallest absolute Gasteiger partial charge is 0.220 e. The second-order valence-corrected chi connectivity index (χ2v) is 6.31. The molecule has 0 saturated carbocycles. The Hall–Kier alpha value is -0.610. The Labute approximate surface area is 123 Å². The van der Waals surface area contributed by atoms with E-state index in [0.29, 0.717) is 12.5 Å². The molecule has 4 nitrogen and oxygen atoms in total. The summed E-state index contributed by atoms with van der Waals surface area (Å²) in [4.78, 5) is 16.9. The van der Waals surface area contributed by atoms with Crippen molar-refractivity contribution < 1.29 is 4.79 Å². The fourth-order valence-electron chi connectivity index (χ4n) is 3.36. The average Bonchev–Trinajstić information content (AvgIpc) is 2.73. The number of rotatable bonds is 6. The van der Waals surface area contributed by atoms with Crippen LogP contribution in [0.5, 0.6) is 0 Å². The Morgan fingerprint density at radius 1 is 1.10 bits per heavy atom. The lowest BCUT2D eigenvalue weighted by atomic mass is 10.2. The number of likely N-dealkylation sites (tertiary alicyclic amines) is 2. The standard InChI is InChI=1S/C16H31N3O/c1-2-18-13-9-15(14-18)17-16(20)8-7-12-19-10-5-3-4-6-11-19/h15H,2-14H2,1H3,(H,17,20)/t15-/m0/s1. The normalized spacial score (nSPS) is 25.6. The van der Waals surface area contributed by atoms with Gasteiger partial charge in [0.05, 0.1) is 0 Å². The zero-order valence-electron chi connectivity index (χ0n) is 13.1. The van der Waals surface area contributed by atoms with Gasteiger partial charge in [0.2, 0.25) is 5.91 Å². The van der Waals surface area contributed by atoms with Gasteiger partial charge in [-0.05, 0) is 51.9 Å². The van der Waals surface area contributed by atoms with E-state index in [2.05, 4.69) is 22.0 Å². The van der Waals surface area contributed by atoms with E-state index in [1.807, 2.05) is 0 Å². The van der Waals surface area contributed by atoms with Crippen molar-refractivity contribution in [1.82, 2.24) is 15.1 Å². The summed E-state index contributed by atoms with van der Waals surface area (Å²) < 4.78 is 0. The van der Waals surface area contributed by atoms with Crippen molar-refractivity contribution in [3.63, 3.8) is 0 Å². The van der Waals surface area contributed by atoms with Gasteiger partial charge in [-0.3, -0.25) is 4.79 Å². The first-order chi connectivity index (χ1) is 9.78. The van der Waals surface area contributed by atoms with Gasteiger partial charge in [-0.15, -0.1) is 0 Å². The maximum Gasteiger partial charge on any atom is 0.220 e. The molecule has 2 aliphatic heterocycles. The van der Waals surface area contributed by atoms with Gasteiger partial charge >= 0.3 is 0 Å².